The molecule has 0 unspecified atom stereocenters. The number of hydrogen-bond donors (Lipinski definition) is 2. The molecule has 0 saturated heterocycles. The average molecular weight is 347 g/mol. The third-order valence-corrected chi connectivity index (χ3v) is 4.09. The Hall–Kier alpha value is -2.03. The third-order valence-electron chi connectivity index (χ3n) is 2.57. The molecule has 0 aromatic heterocycles. The Kier molecular flexibility index (Phi) is 4.74. The van der Waals surface area contributed by atoms with E-state index in [0.29, 0.717) is 11.1 Å². The van der Waals surface area contributed by atoms with Gasteiger partial charge < -0.3 is 0 Å². The molecule has 0 radical (unpaired) electrons. The minimum atomic E-state index is -4.38. The molecule has 0 atom stereocenters. The van der Waals surface area contributed by atoms with Crippen molar-refractivity contribution in [2.45, 2.75) is 4.90 Å². The Morgan fingerprint density at radius 3 is 2.45 bits per heavy atom. The quantitative estimate of drug-likeness (QED) is 0.834. The number of carbonyl (C=O) groups excluding carboxylic acids is 1. The van der Waals surface area contributed by atoms with Crippen molar-refractivity contribution in [2.75, 3.05) is 0 Å². The van der Waals surface area contributed by atoms with Gasteiger partial charge in [-0.05, 0) is 30.3 Å². The molecule has 116 valence electrons. The molecule has 9 heteroatoms. The van der Waals surface area contributed by atoms with Crippen LogP contribution in [0.1, 0.15) is 10.4 Å². The van der Waals surface area contributed by atoms with Crippen LogP contribution in [0.2, 0.25) is 5.02 Å². The average Bonchev–Trinajstić information content (AvgIpc) is 2.44. The van der Waals surface area contributed by atoms with Crippen LogP contribution in [0.4, 0.5) is 8.78 Å². The van der Waals surface area contributed by atoms with E-state index in [4.69, 9.17) is 11.6 Å². The molecule has 0 spiro atoms. The first kappa shape index (κ1) is 16.3. The molecule has 0 aliphatic heterocycles. The number of hydrogen-bond acceptors (Lipinski definition) is 3. The van der Waals surface area contributed by atoms with E-state index in [-0.39, 0.29) is 5.56 Å². The lowest BCUT2D eigenvalue weighted by Gasteiger charge is -2.09. The van der Waals surface area contributed by atoms with E-state index in [0.717, 1.165) is 12.1 Å². The topological polar surface area (TPSA) is 75.3 Å². The van der Waals surface area contributed by atoms with Crippen LogP contribution in [-0.2, 0) is 10.0 Å². The maximum absolute atomic E-state index is 13.5. The Balaban J connectivity index is 2.14. The van der Waals surface area contributed by atoms with Gasteiger partial charge in [-0.15, -0.1) is 4.83 Å². The Morgan fingerprint density at radius 1 is 1.09 bits per heavy atom. The first-order chi connectivity index (χ1) is 10.3. The first-order valence-electron chi connectivity index (χ1n) is 5.82. The van der Waals surface area contributed by atoms with Gasteiger partial charge in [0.15, 0.2) is 0 Å². The highest BCUT2D eigenvalue weighted by Crippen LogP contribution is 2.15. The lowest BCUT2D eigenvalue weighted by molar-refractivity contribution is 0.0945. The zero-order valence-electron chi connectivity index (χ0n) is 10.8. The molecule has 2 aromatic carbocycles. The first-order valence-corrected chi connectivity index (χ1v) is 7.68. The summed E-state index contributed by atoms with van der Waals surface area (Å²) >= 11 is 5.71. The monoisotopic (exact) mass is 346 g/mol. The van der Waals surface area contributed by atoms with Gasteiger partial charge in [0.1, 0.15) is 16.5 Å². The van der Waals surface area contributed by atoms with Crippen LogP contribution in [0.15, 0.2) is 47.4 Å². The van der Waals surface area contributed by atoms with Crippen molar-refractivity contribution in [1.29, 1.82) is 0 Å². The summed E-state index contributed by atoms with van der Waals surface area (Å²) in [6, 6.07) is 7.74. The summed E-state index contributed by atoms with van der Waals surface area (Å²) in [7, 11) is -4.38. The van der Waals surface area contributed by atoms with Crippen LogP contribution in [-0.4, -0.2) is 14.3 Å². The van der Waals surface area contributed by atoms with Crippen molar-refractivity contribution >= 4 is 27.5 Å². The predicted octanol–water partition coefficient (Wildman–Crippen LogP) is 2.24. The molecule has 2 N–H and O–H groups in total. The molecule has 0 fully saturated rings. The van der Waals surface area contributed by atoms with E-state index in [1.807, 2.05) is 5.43 Å². The van der Waals surface area contributed by atoms with Crippen LogP contribution in [0.25, 0.3) is 0 Å². The molecule has 1 amide bonds. The second-order valence-electron chi connectivity index (χ2n) is 4.14. The molecule has 0 aliphatic carbocycles. The van der Waals surface area contributed by atoms with Crippen LogP contribution in [0.3, 0.4) is 0 Å². The van der Waals surface area contributed by atoms with Crippen LogP contribution < -0.4 is 10.3 Å². The minimum absolute atomic E-state index is 0.106. The number of amides is 1. The van der Waals surface area contributed by atoms with Crippen molar-refractivity contribution < 1.29 is 22.0 Å². The van der Waals surface area contributed by atoms with E-state index in [2.05, 4.69) is 0 Å². The lowest BCUT2D eigenvalue weighted by atomic mass is 10.2. The van der Waals surface area contributed by atoms with Crippen molar-refractivity contribution in [3.05, 3.63) is 64.7 Å². The Bertz CT molecular complexity index is 828. The molecular weight excluding hydrogens is 338 g/mol. The number of hydrazine groups is 1. The molecule has 0 aliphatic rings. The largest absolute Gasteiger partial charge is 0.273 e. The third kappa shape index (κ3) is 3.79. The smallest absolute Gasteiger partial charge is 0.266 e. The summed E-state index contributed by atoms with van der Waals surface area (Å²) in [5.74, 6) is -2.97. The Morgan fingerprint density at radius 2 is 1.82 bits per heavy atom. The van der Waals surface area contributed by atoms with Gasteiger partial charge in [-0.2, -0.15) is 0 Å². The normalized spacial score (nSPS) is 11.2. The molecular formula is C13H9ClF2N2O3S. The fraction of sp³-hybridized carbons (Fsp3) is 0. The Labute approximate surface area is 129 Å². The maximum Gasteiger partial charge on any atom is 0.266 e. The van der Waals surface area contributed by atoms with E-state index < -0.39 is 32.5 Å². The molecule has 2 aromatic rings. The molecule has 0 saturated carbocycles. The van der Waals surface area contributed by atoms with Crippen molar-refractivity contribution in [2.24, 2.45) is 0 Å². The number of halogens is 3. The zero-order chi connectivity index (χ0) is 16.3. The minimum Gasteiger partial charge on any atom is -0.273 e. The van der Waals surface area contributed by atoms with Crippen molar-refractivity contribution in [3.8, 4) is 0 Å². The van der Waals surface area contributed by atoms with Gasteiger partial charge >= 0.3 is 0 Å². The van der Waals surface area contributed by atoms with Gasteiger partial charge in [-0.3, -0.25) is 10.2 Å². The number of rotatable bonds is 4. The summed E-state index contributed by atoms with van der Waals surface area (Å²) in [5.41, 5.74) is 2.02. The van der Waals surface area contributed by atoms with E-state index >= 15 is 0 Å². The maximum atomic E-state index is 13.5. The highest BCUT2D eigenvalue weighted by Gasteiger charge is 2.20. The van der Waals surface area contributed by atoms with Gasteiger partial charge in [0.05, 0.1) is 0 Å². The lowest BCUT2D eigenvalue weighted by Crippen LogP contribution is -2.41. The van der Waals surface area contributed by atoms with E-state index in [1.165, 1.54) is 24.3 Å². The van der Waals surface area contributed by atoms with Crippen LogP contribution in [0, 0.1) is 11.6 Å². The highest BCUT2D eigenvalue weighted by molar-refractivity contribution is 7.89. The summed E-state index contributed by atoms with van der Waals surface area (Å²) in [4.78, 5) is 12.7. The number of carbonyl (C=O) groups is 1. The van der Waals surface area contributed by atoms with Crippen LogP contribution >= 0.6 is 11.6 Å². The summed E-state index contributed by atoms with van der Waals surface area (Å²) in [6.45, 7) is 0. The van der Waals surface area contributed by atoms with E-state index in [1.54, 1.807) is 4.83 Å². The molecule has 0 bridgehead atoms. The van der Waals surface area contributed by atoms with Gasteiger partial charge in [0, 0.05) is 16.7 Å². The van der Waals surface area contributed by atoms with Gasteiger partial charge in [-0.25, -0.2) is 17.2 Å². The summed E-state index contributed by atoms with van der Waals surface area (Å²) in [6.07, 6.45) is 0. The molecule has 0 heterocycles. The predicted molar refractivity (Wildman–Crippen MR) is 75.6 cm³/mol. The summed E-state index contributed by atoms with van der Waals surface area (Å²) < 4.78 is 49.9. The van der Waals surface area contributed by atoms with E-state index in [9.17, 15) is 22.0 Å². The highest BCUT2D eigenvalue weighted by atomic mass is 35.5. The second kappa shape index (κ2) is 6.39. The van der Waals surface area contributed by atoms with Gasteiger partial charge in [0.2, 0.25) is 0 Å². The molecule has 22 heavy (non-hydrogen) atoms. The molecule has 2 rings (SSSR count). The standard InChI is InChI=1S/C13H9ClF2N2O3S/c14-9-3-1-2-8(6-9)13(19)17-18-22(20,21)12-5-4-10(15)7-11(12)16/h1-7,18H,(H,17,19). The SMILES string of the molecule is O=C(NNS(=O)(=O)c1ccc(F)cc1F)c1cccc(Cl)c1. The molecule has 5 nitrogen and oxygen atoms in total. The van der Waals surface area contributed by atoms with Gasteiger partial charge in [-0.1, -0.05) is 17.7 Å². The van der Waals surface area contributed by atoms with Gasteiger partial charge in [0.25, 0.3) is 15.9 Å². The number of sulfonamides is 1. The number of benzene rings is 2. The fourth-order valence-corrected chi connectivity index (χ4v) is 2.65. The van der Waals surface area contributed by atoms with Crippen molar-refractivity contribution in [3.63, 3.8) is 0 Å². The van der Waals surface area contributed by atoms with Crippen molar-refractivity contribution in [1.82, 2.24) is 10.3 Å². The zero-order valence-corrected chi connectivity index (χ0v) is 12.4. The van der Waals surface area contributed by atoms with Crippen LogP contribution in [0.5, 0.6) is 0 Å². The fourth-order valence-electron chi connectivity index (χ4n) is 1.56. The second-order valence-corrected chi connectivity index (χ2v) is 6.23. The number of nitrogens with one attached hydrogen (secondary N) is 2. The summed E-state index contributed by atoms with van der Waals surface area (Å²) in [5, 5.41) is 0.292.